The Morgan fingerprint density at radius 3 is 2.71 bits per heavy atom. The number of carbonyl (C=O) groups excluding carboxylic acids is 1. The van der Waals surface area contributed by atoms with Crippen LogP contribution >= 0.6 is 0 Å². The number of nitriles is 1. The molecule has 0 aliphatic rings. The van der Waals surface area contributed by atoms with Crippen molar-refractivity contribution in [3.63, 3.8) is 0 Å². The third-order valence-electron chi connectivity index (χ3n) is 3.04. The smallest absolute Gasteiger partial charge is 0.255 e. The number of hydrogen-bond acceptors (Lipinski definition) is 4. The first kappa shape index (κ1) is 14.4. The van der Waals surface area contributed by atoms with Crippen molar-refractivity contribution in [3.05, 3.63) is 53.1 Å². The number of methoxy groups -OCH3 is 1. The normalized spacial score (nSPS) is 9.76. The fraction of sp³-hybridized carbons (Fsp3) is 0.125. The summed E-state index contributed by atoms with van der Waals surface area (Å²) in [5.74, 6) is 0.210. The van der Waals surface area contributed by atoms with Gasteiger partial charge in [0, 0.05) is 23.0 Å². The molecule has 0 aliphatic carbocycles. The van der Waals surface area contributed by atoms with Crippen molar-refractivity contribution in [3.8, 4) is 11.8 Å². The van der Waals surface area contributed by atoms with Gasteiger partial charge < -0.3 is 15.8 Å². The molecule has 0 bridgehead atoms. The molecule has 0 atom stereocenters. The molecule has 0 aromatic heterocycles. The molecule has 0 saturated heterocycles. The van der Waals surface area contributed by atoms with E-state index in [0.717, 1.165) is 5.56 Å². The van der Waals surface area contributed by atoms with Gasteiger partial charge in [0.25, 0.3) is 5.91 Å². The van der Waals surface area contributed by atoms with E-state index in [4.69, 9.17) is 15.7 Å². The molecule has 21 heavy (non-hydrogen) atoms. The Morgan fingerprint density at radius 2 is 2.05 bits per heavy atom. The highest BCUT2D eigenvalue weighted by atomic mass is 16.5. The summed E-state index contributed by atoms with van der Waals surface area (Å²) in [6, 6.07) is 12.0. The SMILES string of the molecule is COc1cc(N)cc(C(=O)Nc2cc(C#N)ccc2C)c1. The van der Waals surface area contributed by atoms with Crippen LogP contribution in [0.15, 0.2) is 36.4 Å². The molecule has 5 nitrogen and oxygen atoms in total. The number of hydrogen-bond donors (Lipinski definition) is 2. The quantitative estimate of drug-likeness (QED) is 0.847. The number of aryl methyl sites for hydroxylation is 1. The highest BCUT2D eigenvalue weighted by Crippen LogP contribution is 2.21. The monoisotopic (exact) mass is 281 g/mol. The number of nitrogens with one attached hydrogen (secondary N) is 1. The number of anilines is 2. The lowest BCUT2D eigenvalue weighted by atomic mass is 10.1. The molecular weight excluding hydrogens is 266 g/mol. The van der Waals surface area contributed by atoms with Crippen LogP contribution in [0.1, 0.15) is 21.5 Å². The van der Waals surface area contributed by atoms with E-state index in [1.807, 2.05) is 13.0 Å². The fourth-order valence-electron chi connectivity index (χ4n) is 1.89. The molecule has 0 saturated carbocycles. The second kappa shape index (κ2) is 5.97. The van der Waals surface area contributed by atoms with Crippen LogP contribution < -0.4 is 15.8 Å². The highest BCUT2D eigenvalue weighted by Gasteiger charge is 2.10. The van der Waals surface area contributed by atoms with Gasteiger partial charge in [0.2, 0.25) is 0 Å². The van der Waals surface area contributed by atoms with Gasteiger partial charge in [-0.2, -0.15) is 5.26 Å². The lowest BCUT2D eigenvalue weighted by molar-refractivity contribution is 0.102. The van der Waals surface area contributed by atoms with Crippen molar-refractivity contribution >= 4 is 17.3 Å². The minimum atomic E-state index is -0.307. The molecule has 0 radical (unpaired) electrons. The molecular formula is C16H15N3O2. The van der Waals surface area contributed by atoms with Crippen LogP contribution in [0.5, 0.6) is 5.75 Å². The maximum atomic E-state index is 12.3. The van der Waals surface area contributed by atoms with Gasteiger partial charge in [-0.15, -0.1) is 0 Å². The number of nitrogens with zero attached hydrogens (tertiary/aromatic N) is 1. The number of benzene rings is 2. The number of carbonyl (C=O) groups is 1. The second-order valence-corrected chi connectivity index (χ2v) is 4.59. The van der Waals surface area contributed by atoms with Gasteiger partial charge in [0.05, 0.1) is 18.7 Å². The highest BCUT2D eigenvalue weighted by molar-refractivity contribution is 6.05. The van der Waals surface area contributed by atoms with Crippen LogP contribution in [-0.2, 0) is 0 Å². The number of rotatable bonds is 3. The van der Waals surface area contributed by atoms with Crippen molar-refractivity contribution in [1.29, 1.82) is 5.26 Å². The van der Waals surface area contributed by atoms with E-state index in [0.29, 0.717) is 28.3 Å². The first-order valence-corrected chi connectivity index (χ1v) is 6.30. The van der Waals surface area contributed by atoms with Gasteiger partial charge in [-0.05, 0) is 36.8 Å². The van der Waals surface area contributed by atoms with Crippen LogP contribution in [0.2, 0.25) is 0 Å². The van der Waals surface area contributed by atoms with Crippen molar-refractivity contribution in [2.45, 2.75) is 6.92 Å². The third-order valence-corrected chi connectivity index (χ3v) is 3.04. The van der Waals surface area contributed by atoms with Crippen LogP contribution in [0.3, 0.4) is 0 Å². The summed E-state index contributed by atoms with van der Waals surface area (Å²) in [7, 11) is 1.51. The summed E-state index contributed by atoms with van der Waals surface area (Å²) in [5, 5.41) is 11.7. The number of nitrogen functional groups attached to an aromatic ring is 1. The standard InChI is InChI=1S/C16H15N3O2/c1-10-3-4-11(9-17)5-15(10)19-16(20)12-6-13(18)8-14(7-12)21-2/h3-8H,18H2,1-2H3,(H,19,20). The van der Waals surface area contributed by atoms with Gasteiger partial charge in [-0.3, -0.25) is 4.79 Å². The van der Waals surface area contributed by atoms with Crippen molar-refractivity contribution in [2.75, 3.05) is 18.2 Å². The van der Waals surface area contributed by atoms with Crippen LogP contribution in [-0.4, -0.2) is 13.0 Å². The van der Waals surface area contributed by atoms with E-state index in [-0.39, 0.29) is 5.91 Å². The van der Waals surface area contributed by atoms with Crippen LogP contribution in [0.25, 0.3) is 0 Å². The maximum absolute atomic E-state index is 12.3. The molecule has 0 heterocycles. The van der Waals surface area contributed by atoms with E-state index < -0.39 is 0 Å². The first-order valence-electron chi connectivity index (χ1n) is 6.30. The molecule has 2 rings (SSSR count). The van der Waals surface area contributed by atoms with Gasteiger partial charge in [0.15, 0.2) is 0 Å². The minimum absolute atomic E-state index is 0.307. The molecule has 5 heteroatoms. The Hall–Kier alpha value is -3.00. The van der Waals surface area contributed by atoms with Gasteiger partial charge in [-0.25, -0.2) is 0 Å². The van der Waals surface area contributed by atoms with E-state index in [1.54, 1.807) is 36.4 Å². The Morgan fingerprint density at radius 1 is 1.29 bits per heavy atom. The van der Waals surface area contributed by atoms with Crippen LogP contribution in [0.4, 0.5) is 11.4 Å². The number of amides is 1. The number of ether oxygens (including phenoxy) is 1. The summed E-state index contributed by atoms with van der Waals surface area (Å²) in [4.78, 5) is 12.3. The molecule has 0 fully saturated rings. The zero-order valence-corrected chi connectivity index (χ0v) is 11.8. The molecule has 0 aliphatic heterocycles. The minimum Gasteiger partial charge on any atom is -0.497 e. The largest absolute Gasteiger partial charge is 0.497 e. The Bertz CT molecular complexity index is 733. The van der Waals surface area contributed by atoms with Crippen LogP contribution in [0, 0.1) is 18.3 Å². The molecule has 2 aromatic rings. The van der Waals surface area contributed by atoms with E-state index in [1.165, 1.54) is 7.11 Å². The predicted molar refractivity (Wildman–Crippen MR) is 81.3 cm³/mol. The number of nitrogens with two attached hydrogens (primary N) is 1. The summed E-state index contributed by atoms with van der Waals surface area (Å²) in [6.45, 7) is 1.86. The summed E-state index contributed by atoms with van der Waals surface area (Å²) in [5.41, 5.74) is 8.54. The molecule has 3 N–H and O–H groups in total. The fourth-order valence-corrected chi connectivity index (χ4v) is 1.89. The van der Waals surface area contributed by atoms with E-state index in [9.17, 15) is 4.79 Å². The van der Waals surface area contributed by atoms with Crippen molar-refractivity contribution in [1.82, 2.24) is 0 Å². The molecule has 1 amide bonds. The Labute approximate surface area is 123 Å². The van der Waals surface area contributed by atoms with Gasteiger partial charge >= 0.3 is 0 Å². The van der Waals surface area contributed by atoms with E-state index in [2.05, 4.69) is 5.32 Å². The zero-order chi connectivity index (χ0) is 15.4. The average Bonchev–Trinajstić information content (AvgIpc) is 2.48. The molecule has 0 unspecified atom stereocenters. The average molecular weight is 281 g/mol. The van der Waals surface area contributed by atoms with Crippen molar-refractivity contribution in [2.24, 2.45) is 0 Å². The maximum Gasteiger partial charge on any atom is 0.255 e. The summed E-state index contributed by atoms with van der Waals surface area (Å²) < 4.78 is 5.09. The molecule has 106 valence electrons. The first-order chi connectivity index (χ1) is 10.0. The van der Waals surface area contributed by atoms with Crippen molar-refractivity contribution < 1.29 is 9.53 Å². The third kappa shape index (κ3) is 3.31. The topological polar surface area (TPSA) is 88.1 Å². The van der Waals surface area contributed by atoms with Gasteiger partial charge in [0.1, 0.15) is 5.75 Å². The second-order valence-electron chi connectivity index (χ2n) is 4.59. The summed E-state index contributed by atoms with van der Waals surface area (Å²) in [6.07, 6.45) is 0. The Kier molecular flexibility index (Phi) is 4.10. The van der Waals surface area contributed by atoms with E-state index >= 15 is 0 Å². The lowest BCUT2D eigenvalue weighted by Crippen LogP contribution is -2.13. The predicted octanol–water partition coefficient (Wildman–Crippen LogP) is 2.71. The molecule has 0 spiro atoms. The lowest BCUT2D eigenvalue weighted by Gasteiger charge is -2.10. The Balaban J connectivity index is 2.30. The van der Waals surface area contributed by atoms with Gasteiger partial charge in [-0.1, -0.05) is 6.07 Å². The summed E-state index contributed by atoms with van der Waals surface area (Å²) >= 11 is 0. The zero-order valence-electron chi connectivity index (χ0n) is 11.8. The molecule has 2 aromatic carbocycles.